The van der Waals surface area contributed by atoms with Crippen molar-refractivity contribution in [1.29, 1.82) is 0 Å². The number of hydrogen-bond donors (Lipinski definition) is 2. The van der Waals surface area contributed by atoms with Gasteiger partial charge in [0.15, 0.2) is 23.8 Å². The maximum atomic E-state index is 12.5. The van der Waals surface area contributed by atoms with E-state index in [9.17, 15) is 9.59 Å². The third-order valence-corrected chi connectivity index (χ3v) is 4.96. The highest BCUT2D eigenvalue weighted by molar-refractivity contribution is 9.10. The van der Waals surface area contributed by atoms with E-state index in [1.54, 1.807) is 41.2 Å². The molecule has 0 saturated heterocycles. The maximum Gasteiger partial charge on any atom is 0.293 e. The Hall–Kier alpha value is -3.37. The Balaban J connectivity index is 1.65. The summed E-state index contributed by atoms with van der Waals surface area (Å²) in [6.07, 6.45) is 3.13. The molecule has 9 nitrogen and oxygen atoms in total. The fraction of sp³-hybridized carbons (Fsp3) is 0.143. The van der Waals surface area contributed by atoms with E-state index in [4.69, 9.17) is 26.8 Å². The summed E-state index contributed by atoms with van der Waals surface area (Å²) in [4.78, 5) is 23.4. The van der Waals surface area contributed by atoms with Crippen molar-refractivity contribution >= 4 is 45.6 Å². The molecule has 2 aromatic carbocycles. The smallest absolute Gasteiger partial charge is 0.293 e. The minimum absolute atomic E-state index is 0.191. The first-order valence-corrected chi connectivity index (χ1v) is 10.4. The Morgan fingerprint density at radius 2 is 2.00 bits per heavy atom. The van der Waals surface area contributed by atoms with Gasteiger partial charge in [0.05, 0.1) is 24.3 Å². The highest BCUT2D eigenvalue weighted by Crippen LogP contribution is 2.27. The van der Waals surface area contributed by atoms with E-state index in [-0.39, 0.29) is 12.3 Å². The minimum atomic E-state index is -0.612. The van der Waals surface area contributed by atoms with Gasteiger partial charge in [-0.05, 0) is 57.4 Å². The van der Waals surface area contributed by atoms with Crippen molar-refractivity contribution in [3.05, 3.63) is 75.0 Å². The molecule has 0 bridgehead atoms. The van der Waals surface area contributed by atoms with Gasteiger partial charge in [-0.2, -0.15) is 10.2 Å². The lowest BCUT2D eigenvalue weighted by Crippen LogP contribution is -2.20. The lowest BCUT2D eigenvalue weighted by Gasteiger charge is -2.09. The Morgan fingerprint density at radius 1 is 1.25 bits per heavy atom. The predicted octanol–water partition coefficient (Wildman–Crippen LogP) is 2.98. The number of carbonyl (C=O) groups is 2. The minimum Gasteiger partial charge on any atom is -0.493 e. The van der Waals surface area contributed by atoms with Crippen molar-refractivity contribution in [3.63, 3.8) is 0 Å². The number of nitrogens with two attached hydrogens (primary N) is 1. The Bertz CT molecular complexity index is 1150. The molecule has 0 aliphatic rings. The highest BCUT2D eigenvalue weighted by atomic mass is 79.9. The molecule has 2 amide bonds. The molecule has 32 heavy (non-hydrogen) atoms. The summed E-state index contributed by atoms with van der Waals surface area (Å²) in [5, 5.41) is 8.91. The van der Waals surface area contributed by atoms with Crippen LogP contribution in [0.4, 0.5) is 0 Å². The second kappa shape index (κ2) is 10.8. The first kappa shape index (κ1) is 23.3. The highest BCUT2D eigenvalue weighted by Gasteiger charge is 2.15. The monoisotopic (exact) mass is 519 g/mol. The first-order valence-electron chi connectivity index (χ1n) is 9.25. The van der Waals surface area contributed by atoms with E-state index in [1.165, 1.54) is 13.3 Å². The molecule has 1 aromatic heterocycles. The summed E-state index contributed by atoms with van der Waals surface area (Å²) < 4.78 is 12.7. The third kappa shape index (κ3) is 6.32. The first-order chi connectivity index (χ1) is 15.4. The number of nitrogens with one attached hydrogen (secondary N) is 1. The number of carbonyl (C=O) groups excluding carboxylic acids is 2. The van der Waals surface area contributed by atoms with Crippen LogP contribution in [0.15, 0.2) is 58.2 Å². The van der Waals surface area contributed by atoms with Crippen molar-refractivity contribution < 1.29 is 19.1 Å². The second-order valence-corrected chi connectivity index (χ2v) is 7.80. The van der Waals surface area contributed by atoms with Crippen LogP contribution >= 0.6 is 27.5 Å². The van der Waals surface area contributed by atoms with Crippen molar-refractivity contribution in [2.75, 3.05) is 13.7 Å². The van der Waals surface area contributed by atoms with Crippen LogP contribution in [0.2, 0.25) is 5.02 Å². The van der Waals surface area contributed by atoms with Crippen LogP contribution in [0, 0.1) is 0 Å². The van der Waals surface area contributed by atoms with E-state index in [1.807, 2.05) is 12.1 Å². The van der Waals surface area contributed by atoms with E-state index in [0.29, 0.717) is 33.1 Å². The quantitative estimate of drug-likeness (QED) is 0.332. The summed E-state index contributed by atoms with van der Waals surface area (Å²) in [5.74, 6) is -0.339. The van der Waals surface area contributed by atoms with Gasteiger partial charge in [-0.25, -0.2) is 5.43 Å². The molecule has 1 heterocycles. The maximum absolute atomic E-state index is 12.5. The number of halogens is 2. The molecule has 3 N–H and O–H groups in total. The predicted molar refractivity (Wildman–Crippen MR) is 123 cm³/mol. The SMILES string of the molecule is COc1ccc(/C=N\NC(=O)c2nn(Cc3ccc(Cl)cc3)cc2Br)cc1OCC(N)=O. The summed E-state index contributed by atoms with van der Waals surface area (Å²) in [5.41, 5.74) is 9.33. The molecule has 0 spiro atoms. The molecule has 0 aliphatic heterocycles. The van der Waals surface area contributed by atoms with Crippen LogP contribution in [-0.4, -0.2) is 41.5 Å². The molecule has 0 radical (unpaired) electrons. The molecule has 166 valence electrons. The van der Waals surface area contributed by atoms with Gasteiger partial charge >= 0.3 is 0 Å². The number of amides is 2. The Kier molecular flexibility index (Phi) is 7.85. The number of hydrazone groups is 1. The van der Waals surface area contributed by atoms with Gasteiger partial charge in [0.1, 0.15) is 0 Å². The van der Waals surface area contributed by atoms with Gasteiger partial charge < -0.3 is 15.2 Å². The number of nitrogens with zero attached hydrogens (tertiary/aromatic N) is 3. The second-order valence-electron chi connectivity index (χ2n) is 6.51. The molecule has 0 aliphatic carbocycles. The van der Waals surface area contributed by atoms with E-state index < -0.39 is 11.8 Å². The molecule has 11 heteroatoms. The van der Waals surface area contributed by atoms with Crippen molar-refractivity contribution in [2.24, 2.45) is 10.8 Å². The summed E-state index contributed by atoms with van der Waals surface area (Å²) in [7, 11) is 1.48. The zero-order valence-electron chi connectivity index (χ0n) is 16.9. The molecule has 0 unspecified atom stereocenters. The van der Waals surface area contributed by atoms with Gasteiger partial charge in [0, 0.05) is 11.2 Å². The molecular weight excluding hydrogens is 502 g/mol. The van der Waals surface area contributed by atoms with Crippen LogP contribution in [0.5, 0.6) is 11.5 Å². The van der Waals surface area contributed by atoms with Crippen molar-refractivity contribution in [2.45, 2.75) is 6.54 Å². The fourth-order valence-electron chi connectivity index (χ4n) is 2.66. The molecule has 3 aromatic rings. The summed E-state index contributed by atoms with van der Waals surface area (Å²) in [6, 6.07) is 12.3. The van der Waals surface area contributed by atoms with Crippen LogP contribution in [0.3, 0.4) is 0 Å². The summed E-state index contributed by atoms with van der Waals surface area (Å²) in [6.45, 7) is 0.187. The third-order valence-electron chi connectivity index (χ3n) is 4.13. The van der Waals surface area contributed by atoms with E-state index in [2.05, 4.69) is 31.6 Å². The van der Waals surface area contributed by atoms with Gasteiger partial charge in [0.25, 0.3) is 11.8 Å². The number of rotatable bonds is 9. The fourth-order valence-corrected chi connectivity index (χ4v) is 3.28. The molecule has 0 saturated carbocycles. The van der Waals surface area contributed by atoms with Crippen LogP contribution < -0.4 is 20.6 Å². The Morgan fingerprint density at radius 3 is 2.69 bits per heavy atom. The zero-order chi connectivity index (χ0) is 23.1. The van der Waals surface area contributed by atoms with Gasteiger partial charge in [0.2, 0.25) is 0 Å². The topological polar surface area (TPSA) is 121 Å². The largest absolute Gasteiger partial charge is 0.493 e. The average molecular weight is 521 g/mol. The average Bonchev–Trinajstić information content (AvgIpc) is 3.14. The number of methoxy groups -OCH3 is 1. The molecule has 0 fully saturated rings. The van der Waals surface area contributed by atoms with Crippen LogP contribution in [-0.2, 0) is 11.3 Å². The normalized spacial score (nSPS) is 10.8. The lowest BCUT2D eigenvalue weighted by atomic mass is 10.2. The van der Waals surface area contributed by atoms with Crippen molar-refractivity contribution in [1.82, 2.24) is 15.2 Å². The number of hydrogen-bond acceptors (Lipinski definition) is 6. The number of benzene rings is 2. The van der Waals surface area contributed by atoms with Crippen LogP contribution in [0.1, 0.15) is 21.6 Å². The molecular formula is C21H19BrClN5O4. The van der Waals surface area contributed by atoms with Gasteiger partial charge in [-0.1, -0.05) is 23.7 Å². The summed E-state index contributed by atoms with van der Waals surface area (Å²) >= 11 is 9.25. The molecule has 0 atom stereocenters. The Labute approximate surface area is 197 Å². The van der Waals surface area contributed by atoms with Crippen LogP contribution in [0.25, 0.3) is 0 Å². The van der Waals surface area contributed by atoms with Crippen molar-refractivity contribution in [3.8, 4) is 11.5 Å². The van der Waals surface area contributed by atoms with E-state index in [0.717, 1.165) is 5.56 Å². The zero-order valence-corrected chi connectivity index (χ0v) is 19.3. The van der Waals surface area contributed by atoms with Gasteiger partial charge in [-0.15, -0.1) is 0 Å². The van der Waals surface area contributed by atoms with Gasteiger partial charge in [-0.3, -0.25) is 14.3 Å². The number of primary amides is 1. The lowest BCUT2D eigenvalue weighted by molar-refractivity contribution is -0.119. The number of aromatic nitrogens is 2. The number of ether oxygens (including phenoxy) is 2. The standard InChI is InChI=1S/C21H19BrClN5O4/c1-31-17-7-4-14(8-18(17)32-12-19(24)29)9-25-26-21(30)20-16(22)11-28(27-20)10-13-2-5-15(23)6-3-13/h2-9,11H,10,12H2,1H3,(H2,24,29)(H,26,30)/b25-9-. The van der Waals surface area contributed by atoms with E-state index >= 15 is 0 Å². The molecule has 3 rings (SSSR count).